The summed E-state index contributed by atoms with van der Waals surface area (Å²) >= 11 is 0. The summed E-state index contributed by atoms with van der Waals surface area (Å²) in [6.45, 7) is 5.77. The monoisotopic (exact) mass is 249 g/mol. The van der Waals surface area contributed by atoms with Crippen LogP contribution in [-0.2, 0) is 4.79 Å². The Morgan fingerprint density at radius 2 is 2.00 bits per heavy atom. The maximum atomic E-state index is 11.5. The summed E-state index contributed by atoms with van der Waals surface area (Å²) < 4.78 is 5.36. The van der Waals surface area contributed by atoms with E-state index >= 15 is 0 Å². The number of hydrogen-bond acceptors (Lipinski definition) is 4. The molecule has 0 aliphatic rings. The van der Waals surface area contributed by atoms with Gasteiger partial charge in [-0.05, 0) is 50.6 Å². The van der Waals surface area contributed by atoms with Gasteiger partial charge in [0.05, 0.1) is 6.21 Å². The molecule has 0 radical (unpaired) electrons. The molecule has 0 unspecified atom stereocenters. The van der Waals surface area contributed by atoms with Crippen molar-refractivity contribution < 1.29 is 9.53 Å². The number of carbonyl (C=O) groups is 1. The van der Waals surface area contributed by atoms with Gasteiger partial charge in [-0.3, -0.25) is 4.79 Å². The molecular formula is C13H19N3O2. The van der Waals surface area contributed by atoms with Crippen LogP contribution in [0.3, 0.4) is 0 Å². The first-order valence-corrected chi connectivity index (χ1v) is 5.68. The molecule has 0 saturated carbocycles. The first kappa shape index (κ1) is 14.0. The van der Waals surface area contributed by atoms with Crippen LogP contribution in [0.15, 0.2) is 29.4 Å². The van der Waals surface area contributed by atoms with Gasteiger partial charge in [0.15, 0.2) is 6.61 Å². The van der Waals surface area contributed by atoms with Crippen molar-refractivity contribution in [1.82, 2.24) is 5.32 Å². The Kier molecular flexibility index (Phi) is 4.71. The molecule has 5 nitrogen and oxygen atoms in total. The second-order valence-corrected chi connectivity index (χ2v) is 4.93. The molecule has 18 heavy (non-hydrogen) atoms. The molecule has 0 saturated heterocycles. The molecule has 0 heterocycles. The highest BCUT2D eigenvalue weighted by Gasteiger charge is 2.13. The number of benzene rings is 1. The van der Waals surface area contributed by atoms with E-state index in [2.05, 4.69) is 10.4 Å². The molecule has 98 valence electrons. The number of nitrogens with two attached hydrogens (primary N) is 1. The van der Waals surface area contributed by atoms with Crippen LogP contribution in [0.25, 0.3) is 0 Å². The number of hydrogen-bond donors (Lipinski definition) is 2. The third-order valence-corrected chi connectivity index (χ3v) is 1.99. The number of amides is 1. The van der Waals surface area contributed by atoms with Crippen molar-refractivity contribution in [2.45, 2.75) is 26.3 Å². The minimum Gasteiger partial charge on any atom is -0.484 e. The zero-order valence-electron chi connectivity index (χ0n) is 10.9. The molecule has 0 aliphatic heterocycles. The Labute approximate surface area is 107 Å². The fourth-order valence-electron chi connectivity index (χ4n) is 1.34. The molecule has 1 amide bonds. The lowest BCUT2D eigenvalue weighted by Crippen LogP contribution is -2.43. The lowest BCUT2D eigenvalue weighted by molar-refractivity contribution is -0.124. The van der Waals surface area contributed by atoms with Crippen LogP contribution < -0.4 is 15.9 Å². The number of hydrazone groups is 1. The normalized spacial score (nSPS) is 11.5. The van der Waals surface area contributed by atoms with E-state index in [0.29, 0.717) is 5.75 Å². The Bertz CT molecular complexity index is 419. The van der Waals surface area contributed by atoms with Crippen LogP contribution in [0.4, 0.5) is 0 Å². The van der Waals surface area contributed by atoms with Gasteiger partial charge in [0.2, 0.25) is 0 Å². The summed E-state index contributed by atoms with van der Waals surface area (Å²) in [5, 5.41) is 6.24. The first-order chi connectivity index (χ1) is 8.40. The predicted molar refractivity (Wildman–Crippen MR) is 71.6 cm³/mol. The van der Waals surface area contributed by atoms with Gasteiger partial charge in [0.25, 0.3) is 5.91 Å². The van der Waals surface area contributed by atoms with Gasteiger partial charge in [-0.2, -0.15) is 5.10 Å². The summed E-state index contributed by atoms with van der Waals surface area (Å²) in [7, 11) is 0. The van der Waals surface area contributed by atoms with Crippen molar-refractivity contribution in [2.75, 3.05) is 6.61 Å². The quantitative estimate of drug-likeness (QED) is 0.479. The molecule has 1 aromatic carbocycles. The maximum Gasteiger partial charge on any atom is 0.258 e. The standard InChI is InChI=1S/C13H19N3O2/c1-13(2,3)16-12(17)9-18-11-6-4-10(5-7-11)8-15-14/h4-8H,9,14H2,1-3H3,(H,16,17). The van der Waals surface area contributed by atoms with Crippen LogP contribution in [0.1, 0.15) is 26.3 Å². The Hall–Kier alpha value is -2.04. The summed E-state index contributed by atoms with van der Waals surface area (Å²) in [5.41, 5.74) is 0.631. The zero-order chi connectivity index (χ0) is 13.6. The molecule has 3 N–H and O–H groups in total. The molecule has 0 spiro atoms. The Morgan fingerprint density at radius 1 is 1.39 bits per heavy atom. The van der Waals surface area contributed by atoms with E-state index in [-0.39, 0.29) is 18.1 Å². The SMILES string of the molecule is CC(C)(C)NC(=O)COc1ccc(C=NN)cc1. The van der Waals surface area contributed by atoms with Crippen LogP contribution in [0.2, 0.25) is 0 Å². The number of carbonyl (C=O) groups excluding carboxylic acids is 1. The number of nitrogens with zero attached hydrogens (tertiary/aromatic N) is 1. The minimum absolute atomic E-state index is 0.00158. The van der Waals surface area contributed by atoms with Crippen molar-refractivity contribution in [2.24, 2.45) is 10.9 Å². The van der Waals surface area contributed by atoms with Crippen LogP contribution in [0, 0.1) is 0 Å². The Morgan fingerprint density at radius 3 is 2.50 bits per heavy atom. The summed E-state index contributed by atoms with van der Waals surface area (Å²) in [5.74, 6) is 5.53. The number of nitrogens with one attached hydrogen (secondary N) is 1. The lowest BCUT2D eigenvalue weighted by atomic mass is 10.1. The predicted octanol–water partition coefficient (Wildman–Crippen LogP) is 1.27. The highest BCUT2D eigenvalue weighted by molar-refractivity contribution is 5.79. The Balaban J connectivity index is 2.46. The second-order valence-electron chi connectivity index (χ2n) is 4.93. The molecule has 0 bridgehead atoms. The average molecular weight is 249 g/mol. The molecular weight excluding hydrogens is 230 g/mol. The molecule has 0 aliphatic carbocycles. The van der Waals surface area contributed by atoms with Gasteiger partial charge < -0.3 is 15.9 Å². The van der Waals surface area contributed by atoms with Crippen molar-refractivity contribution in [3.8, 4) is 5.75 Å². The lowest BCUT2D eigenvalue weighted by Gasteiger charge is -2.20. The van der Waals surface area contributed by atoms with Gasteiger partial charge in [0.1, 0.15) is 5.75 Å². The molecule has 1 aromatic rings. The number of rotatable bonds is 4. The van der Waals surface area contributed by atoms with E-state index in [0.717, 1.165) is 5.56 Å². The topological polar surface area (TPSA) is 76.7 Å². The minimum atomic E-state index is -0.248. The average Bonchev–Trinajstić information content (AvgIpc) is 2.26. The maximum absolute atomic E-state index is 11.5. The largest absolute Gasteiger partial charge is 0.484 e. The van der Waals surface area contributed by atoms with Crippen LogP contribution in [0.5, 0.6) is 5.75 Å². The third kappa shape index (κ3) is 5.34. The fraction of sp³-hybridized carbons (Fsp3) is 0.385. The van der Waals surface area contributed by atoms with Crippen LogP contribution >= 0.6 is 0 Å². The van der Waals surface area contributed by atoms with E-state index in [1.165, 1.54) is 6.21 Å². The van der Waals surface area contributed by atoms with Gasteiger partial charge in [-0.15, -0.1) is 0 Å². The molecule has 5 heteroatoms. The second kappa shape index (κ2) is 6.05. The van der Waals surface area contributed by atoms with Gasteiger partial charge in [0, 0.05) is 5.54 Å². The highest BCUT2D eigenvalue weighted by atomic mass is 16.5. The third-order valence-electron chi connectivity index (χ3n) is 1.99. The van der Waals surface area contributed by atoms with E-state index in [1.807, 2.05) is 32.9 Å². The van der Waals surface area contributed by atoms with Crippen molar-refractivity contribution >= 4 is 12.1 Å². The molecule has 0 fully saturated rings. The van der Waals surface area contributed by atoms with Crippen molar-refractivity contribution in [3.63, 3.8) is 0 Å². The smallest absolute Gasteiger partial charge is 0.258 e. The van der Waals surface area contributed by atoms with E-state index in [4.69, 9.17) is 10.6 Å². The van der Waals surface area contributed by atoms with E-state index < -0.39 is 0 Å². The first-order valence-electron chi connectivity index (χ1n) is 5.68. The van der Waals surface area contributed by atoms with Gasteiger partial charge in [-0.1, -0.05) is 0 Å². The van der Waals surface area contributed by atoms with E-state index in [1.54, 1.807) is 12.1 Å². The van der Waals surface area contributed by atoms with E-state index in [9.17, 15) is 4.79 Å². The van der Waals surface area contributed by atoms with Gasteiger partial charge in [-0.25, -0.2) is 0 Å². The molecule has 0 atom stereocenters. The van der Waals surface area contributed by atoms with Crippen LogP contribution in [-0.4, -0.2) is 24.3 Å². The van der Waals surface area contributed by atoms with Crippen molar-refractivity contribution in [1.29, 1.82) is 0 Å². The fourth-order valence-corrected chi connectivity index (χ4v) is 1.34. The summed E-state index contributed by atoms with van der Waals surface area (Å²) in [6, 6.07) is 7.16. The van der Waals surface area contributed by atoms with Gasteiger partial charge >= 0.3 is 0 Å². The molecule has 0 aromatic heterocycles. The highest BCUT2D eigenvalue weighted by Crippen LogP contribution is 2.11. The summed E-state index contributed by atoms with van der Waals surface area (Å²) in [6.07, 6.45) is 1.54. The number of ether oxygens (including phenoxy) is 1. The summed E-state index contributed by atoms with van der Waals surface area (Å²) in [4.78, 5) is 11.5. The zero-order valence-corrected chi connectivity index (χ0v) is 10.9. The van der Waals surface area contributed by atoms with Crippen molar-refractivity contribution in [3.05, 3.63) is 29.8 Å². The molecule has 1 rings (SSSR count).